The lowest BCUT2D eigenvalue weighted by Crippen LogP contribution is -2.28. The highest BCUT2D eigenvalue weighted by Crippen LogP contribution is 2.27. The molecule has 1 aliphatic heterocycles. The predicted molar refractivity (Wildman–Crippen MR) is 58.1 cm³/mol. The summed E-state index contributed by atoms with van der Waals surface area (Å²) >= 11 is 5.78. The van der Waals surface area contributed by atoms with Crippen molar-refractivity contribution >= 4 is 17.4 Å². The summed E-state index contributed by atoms with van der Waals surface area (Å²) in [7, 11) is 0. The second kappa shape index (κ2) is 4.40. The van der Waals surface area contributed by atoms with Gasteiger partial charge >= 0.3 is 5.69 Å². The van der Waals surface area contributed by atoms with E-state index in [9.17, 15) is 4.79 Å². The van der Waals surface area contributed by atoms with E-state index >= 15 is 0 Å². The van der Waals surface area contributed by atoms with Gasteiger partial charge in [0.25, 0.3) is 0 Å². The first-order valence-electron chi connectivity index (χ1n) is 4.92. The molecule has 0 amide bonds. The van der Waals surface area contributed by atoms with Crippen LogP contribution in [0, 0.1) is 0 Å². The average molecular weight is 246 g/mol. The van der Waals surface area contributed by atoms with Crippen LogP contribution in [0.2, 0.25) is 5.02 Å². The van der Waals surface area contributed by atoms with Crippen LogP contribution in [0.1, 0.15) is 19.1 Å². The van der Waals surface area contributed by atoms with Crippen LogP contribution < -0.4 is 11.4 Å². The van der Waals surface area contributed by atoms with Gasteiger partial charge in [0.1, 0.15) is 12.0 Å². The molecule has 1 fully saturated rings. The van der Waals surface area contributed by atoms with E-state index < -0.39 is 11.9 Å². The number of nitrogens with two attached hydrogens (primary N) is 1. The minimum atomic E-state index is -0.495. The van der Waals surface area contributed by atoms with E-state index in [-0.39, 0.29) is 23.6 Å². The first-order valence-corrected chi connectivity index (χ1v) is 5.30. The Morgan fingerprint density at radius 3 is 3.06 bits per heavy atom. The minimum Gasteiger partial charge on any atom is -0.394 e. The molecule has 2 atom stereocenters. The zero-order valence-electron chi connectivity index (χ0n) is 8.47. The Hall–Kier alpha value is -1.11. The fourth-order valence-electron chi connectivity index (χ4n) is 1.69. The summed E-state index contributed by atoms with van der Waals surface area (Å²) in [6, 6.07) is 0. The Labute approximate surface area is 96.6 Å². The van der Waals surface area contributed by atoms with Gasteiger partial charge in [0.2, 0.25) is 0 Å². The van der Waals surface area contributed by atoms with Crippen LogP contribution in [-0.4, -0.2) is 27.4 Å². The molecule has 6 nitrogen and oxygen atoms in total. The molecule has 1 aromatic rings. The van der Waals surface area contributed by atoms with Gasteiger partial charge in [0.05, 0.1) is 17.7 Å². The lowest BCUT2D eigenvalue weighted by atomic mass is 10.2. The van der Waals surface area contributed by atoms with Gasteiger partial charge in [0.15, 0.2) is 0 Å². The highest BCUT2D eigenvalue weighted by atomic mass is 35.5. The van der Waals surface area contributed by atoms with Gasteiger partial charge < -0.3 is 15.6 Å². The van der Waals surface area contributed by atoms with Crippen molar-refractivity contribution in [2.75, 3.05) is 12.3 Å². The molecule has 1 aromatic heterocycles. The summed E-state index contributed by atoms with van der Waals surface area (Å²) in [5, 5.41) is 9.14. The second-order valence-electron chi connectivity index (χ2n) is 3.64. The molecular weight excluding hydrogens is 234 g/mol. The van der Waals surface area contributed by atoms with Gasteiger partial charge in [0, 0.05) is 6.20 Å². The maximum atomic E-state index is 11.5. The second-order valence-corrected chi connectivity index (χ2v) is 4.04. The number of aromatic nitrogens is 2. The first kappa shape index (κ1) is 11.4. The first-order chi connectivity index (χ1) is 7.61. The zero-order valence-corrected chi connectivity index (χ0v) is 9.22. The normalized spacial score (nSPS) is 24.9. The van der Waals surface area contributed by atoms with Crippen LogP contribution in [0.5, 0.6) is 0 Å². The van der Waals surface area contributed by atoms with Crippen molar-refractivity contribution in [2.45, 2.75) is 25.2 Å². The van der Waals surface area contributed by atoms with E-state index in [0.29, 0.717) is 12.8 Å². The van der Waals surface area contributed by atoms with E-state index in [1.807, 2.05) is 0 Å². The van der Waals surface area contributed by atoms with Crippen molar-refractivity contribution in [2.24, 2.45) is 0 Å². The van der Waals surface area contributed by atoms with Crippen LogP contribution in [-0.2, 0) is 4.74 Å². The van der Waals surface area contributed by atoms with Gasteiger partial charge in [-0.05, 0) is 12.8 Å². The highest BCUT2D eigenvalue weighted by Gasteiger charge is 2.27. The number of halogens is 1. The lowest BCUT2D eigenvalue weighted by Gasteiger charge is -2.14. The fraction of sp³-hybridized carbons (Fsp3) is 0.556. The molecule has 7 heteroatoms. The van der Waals surface area contributed by atoms with Crippen LogP contribution in [0.25, 0.3) is 0 Å². The number of nitrogen functional groups attached to an aromatic ring is 1. The van der Waals surface area contributed by atoms with Gasteiger partial charge in [-0.25, -0.2) is 4.79 Å². The van der Waals surface area contributed by atoms with Gasteiger partial charge in [-0.2, -0.15) is 4.98 Å². The third-order valence-electron chi connectivity index (χ3n) is 2.53. The Balaban J connectivity index is 2.28. The Morgan fingerprint density at radius 1 is 1.69 bits per heavy atom. The van der Waals surface area contributed by atoms with E-state index in [4.69, 9.17) is 27.2 Å². The van der Waals surface area contributed by atoms with Crippen LogP contribution in [0.4, 0.5) is 5.82 Å². The third kappa shape index (κ3) is 2.04. The van der Waals surface area contributed by atoms with Crippen molar-refractivity contribution in [1.29, 1.82) is 0 Å². The monoisotopic (exact) mass is 245 g/mol. The summed E-state index contributed by atoms with van der Waals surface area (Å²) in [6.45, 7) is -0.0542. The topological polar surface area (TPSA) is 90.4 Å². The Bertz CT molecular complexity index is 448. The number of hydrogen-bond donors (Lipinski definition) is 2. The predicted octanol–water partition coefficient (Wildman–Crippen LogP) is 0.149. The van der Waals surface area contributed by atoms with Crippen molar-refractivity contribution in [3.05, 3.63) is 21.7 Å². The molecule has 1 saturated heterocycles. The molecule has 2 heterocycles. The molecule has 0 spiro atoms. The summed E-state index contributed by atoms with van der Waals surface area (Å²) < 4.78 is 6.75. The molecule has 0 saturated carbocycles. The third-order valence-corrected chi connectivity index (χ3v) is 2.82. The molecule has 16 heavy (non-hydrogen) atoms. The molecule has 2 rings (SSSR count). The highest BCUT2D eigenvalue weighted by molar-refractivity contribution is 6.32. The number of rotatable bonds is 2. The summed E-state index contributed by atoms with van der Waals surface area (Å²) in [5.41, 5.74) is 4.91. The average Bonchev–Trinajstić information content (AvgIpc) is 2.71. The maximum absolute atomic E-state index is 11.5. The standard InChI is InChI=1S/C9H12ClN3O3/c10-6-3-13(9(15)12-8(6)11)7-2-1-5(4-14)16-7/h3,5,7,14H,1-2,4H2,(H2,11,12,15)/t5-,7+/m0/s1. The van der Waals surface area contributed by atoms with Crippen LogP contribution in [0.3, 0.4) is 0 Å². The smallest absolute Gasteiger partial charge is 0.351 e. The number of anilines is 1. The molecule has 0 aromatic carbocycles. The fourth-order valence-corrected chi connectivity index (χ4v) is 1.84. The van der Waals surface area contributed by atoms with Crippen molar-refractivity contribution in [1.82, 2.24) is 9.55 Å². The minimum absolute atomic E-state index is 0.0135. The van der Waals surface area contributed by atoms with Gasteiger partial charge in [-0.15, -0.1) is 0 Å². The Kier molecular flexibility index (Phi) is 3.13. The largest absolute Gasteiger partial charge is 0.394 e. The summed E-state index contributed by atoms with van der Waals surface area (Å²) in [4.78, 5) is 15.1. The molecular formula is C9H12ClN3O3. The van der Waals surface area contributed by atoms with E-state index in [2.05, 4.69) is 4.98 Å². The van der Waals surface area contributed by atoms with Crippen molar-refractivity contribution in [3.8, 4) is 0 Å². The molecule has 1 aliphatic rings. The summed E-state index contributed by atoms with van der Waals surface area (Å²) in [5.74, 6) is 0.0135. The number of aliphatic hydroxyl groups is 1. The molecule has 3 N–H and O–H groups in total. The maximum Gasteiger partial charge on any atom is 0.351 e. The number of ether oxygens (including phenoxy) is 1. The number of nitrogens with zero attached hydrogens (tertiary/aromatic N) is 2. The molecule has 0 aliphatic carbocycles. The van der Waals surface area contributed by atoms with E-state index in [0.717, 1.165) is 0 Å². The lowest BCUT2D eigenvalue weighted by molar-refractivity contribution is -0.0245. The van der Waals surface area contributed by atoms with Gasteiger partial charge in [-0.3, -0.25) is 4.57 Å². The number of aliphatic hydroxyl groups excluding tert-OH is 1. The molecule has 88 valence electrons. The SMILES string of the molecule is Nc1nc(=O)n([C@H]2CC[C@@H](CO)O2)cc1Cl. The van der Waals surface area contributed by atoms with E-state index in [1.54, 1.807) is 0 Å². The molecule has 0 bridgehead atoms. The zero-order chi connectivity index (χ0) is 11.7. The summed E-state index contributed by atoms with van der Waals surface area (Å²) in [6.07, 6.45) is 2.11. The van der Waals surface area contributed by atoms with Crippen molar-refractivity contribution in [3.63, 3.8) is 0 Å². The number of hydrogen-bond acceptors (Lipinski definition) is 5. The molecule has 0 unspecified atom stereocenters. The quantitative estimate of drug-likeness (QED) is 0.774. The Morgan fingerprint density at radius 2 is 2.44 bits per heavy atom. The molecule has 0 radical (unpaired) electrons. The van der Waals surface area contributed by atoms with Gasteiger partial charge in [-0.1, -0.05) is 11.6 Å². The van der Waals surface area contributed by atoms with Crippen LogP contribution >= 0.6 is 11.6 Å². The van der Waals surface area contributed by atoms with E-state index in [1.165, 1.54) is 10.8 Å². The van der Waals surface area contributed by atoms with Crippen molar-refractivity contribution < 1.29 is 9.84 Å². The van der Waals surface area contributed by atoms with Crippen LogP contribution in [0.15, 0.2) is 11.0 Å².